The second-order valence-electron chi connectivity index (χ2n) is 3.73. The Hall–Kier alpha value is -3.35. The molecule has 0 aromatic carbocycles. The fourth-order valence-electron chi connectivity index (χ4n) is 1.59. The molecule has 0 radical (unpaired) electrons. The molecular formula is C11H9N5O5. The van der Waals surface area contributed by atoms with Gasteiger partial charge in [-0.05, 0) is 13.0 Å². The molecule has 0 spiro atoms. The zero-order valence-corrected chi connectivity index (χ0v) is 10.8. The molecule has 0 bridgehead atoms. The Morgan fingerprint density at radius 3 is 2.90 bits per heavy atom. The Kier molecular flexibility index (Phi) is 3.57. The van der Waals surface area contributed by atoms with Crippen LogP contribution in [0.5, 0.6) is 0 Å². The number of nitrogens with zero attached hydrogens (tertiary/aromatic N) is 4. The molecule has 0 saturated heterocycles. The molecule has 21 heavy (non-hydrogen) atoms. The number of hydrogen-bond donors (Lipinski definition) is 1. The molecule has 2 heterocycles. The van der Waals surface area contributed by atoms with Gasteiger partial charge in [0.15, 0.2) is 11.6 Å². The van der Waals surface area contributed by atoms with E-state index in [-0.39, 0.29) is 29.4 Å². The molecule has 2 aromatic rings. The van der Waals surface area contributed by atoms with Crippen molar-refractivity contribution in [2.75, 3.05) is 12.3 Å². The number of carbonyl (C=O) groups excluding carboxylic acids is 1. The van der Waals surface area contributed by atoms with Crippen LogP contribution in [0.3, 0.4) is 0 Å². The van der Waals surface area contributed by atoms with Crippen LogP contribution in [0.1, 0.15) is 12.5 Å². The number of aromatic nitrogens is 2. The second-order valence-corrected chi connectivity index (χ2v) is 3.73. The van der Waals surface area contributed by atoms with E-state index in [1.165, 1.54) is 6.07 Å². The first-order valence-corrected chi connectivity index (χ1v) is 5.69. The Labute approximate surface area is 117 Å². The van der Waals surface area contributed by atoms with Gasteiger partial charge in [-0.15, -0.1) is 4.68 Å². The van der Waals surface area contributed by atoms with Crippen molar-refractivity contribution < 1.29 is 18.9 Å². The molecule has 0 saturated carbocycles. The van der Waals surface area contributed by atoms with Gasteiger partial charge in [-0.3, -0.25) is 10.1 Å². The highest BCUT2D eigenvalue weighted by Gasteiger charge is 2.25. The third kappa shape index (κ3) is 2.39. The summed E-state index contributed by atoms with van der Waals surface area (Å²) in [6.07, 6.45) is -0.862. The summed E-state index contributed by atoms with van der Waals surface area (Å²) in [5, 5.41) is 23.5. The first kappa shape index (κ1) is 14.1. The Morgan fingerprint density at radius 2 is 2.38 bits per heavy atom. The maximum Gasteiger partial charge on any atom is 0.436 e. The summed E-state index contributed by atoms with van der Waals surface area (Å²) in [5.74, 6) is -0.795. The van der Waals surface area contributed by atoms with E-state index < -0.39 is 16.9 Å². The zero-order chi connectivity index (χ0) is 15.6. The first-order valence-electron chi connectivity index (χ1n) is 5.69. The van der Waals surface area contributed by atoms with Crippen LogP contribution >= 0.6 is 0 Å². The molecule has 0 aliphatic heterocycles. The number of anilines is 1. The summed E-state index contributed by atoms with van der Waals surface area (Å²) >= 11 is 0. The van der Waals surface area contributed by atoms with Crippen LogP contribution < -0.4 is 5.73 Å². The van der Waals surface area contributed by atoms with Crippen molar-refractivity contribution in [2.24, 2.45) is 0 Å². The van der Waals surface area contributed by atoms with Crippen LogP contribution in [-0.2, 0) is 4.74 Å². The summed E-state index contributed by atoms with van der Waals surface area (Å²) < 4.78 is 10.4. The molecule has 0 amide bonds. The number of rotatable bonds is 3. The lowest BCUT2D eigenvalue weighted by Crippen LogP contribution is -2.17. The molecule has 0 unspecified atom stereocenters. The van der Waals surface area contributed by atoms with Gasteiger partial charge in [0, 0.05) is 0 Å². The molecule has 108 valence electrons. The van der Waals surface area contributed by atoms with Gasteiger partial charge >= 0.3 is 12.0 Å². The highest BCUT2D eigenvalue weighted by Crippen LogP contribution is 2.30. The van der Waals surface area contributed by atoms with E-state index in [2.05, 4.69) is 5.10 Å². The largest absolute Gasteiger partial charge is 0.448 e. The Bertz CT molecular complexity index is 754. The van der Waals surface area contributed by atoms with Crippen molar-refractivity contribution in [1.29, 1.82) is 5.26 Å². The molecule has 0 fully saturated rings. The average Bonchev–Trinajstić information content (AvgIpc) is 3.03. The quantitative estimate of drug-likeness (QED) is 0.660. The fraction of sp³-hybridized carbons (Fsp3) is 0.182. The molecule has 10 nitrogen and oxygen atoms in total. The van der Waals surface area contributed by atoms with Crippen LogP contribution in [0, 0.1) is 21.4 Å². The minimum absolute atomic E-state index is 0.0481. The highest BCUT2D eigenvalue weighted by molar-refractivity contribution is 5.80. The minimum atomic E-state index is -0.862. The predicted molar refractivity (Wildman–Crippen MR) is 68.1 cm³/mol. The van der Waals surface area contributed by atoms with Crippen molar-refractivity contribution in [1.82, 2.24) is 9.78 Å². The van der Waals surface area contributed by atoms with E-state index in [0.717, 1.165) is 6.07 Å². The highest BCUT2D eigenvalue weighted by atomic mass is 16.6. The zero-order valence-electron chi connectivity index (χ0n) is 10.8. The molecule has 2 N–H and O–H groups in total. The number of furan rings is 1. The van der Waals surface area contributed by atoms with Gasteiger partial charge in [0.05, 0.1) is 12.7 Å². The third-order valence-electron chi connectivity index (χ3n) is 2.48. The molecule has 2 aromatic heterocycles. The number of nitro groups is 1. The van der Waals surface area contributed by atoms with Gasteiger partial charge in [0.25, 0.3) is 0 Å². The predicted octanol–water partition coefficient (Wildman–Crippen LogP) is 1.51. The fourth-order valence-corrected chi connectivity index (χ4v) is 1.59. The second kappa shape index (κ2) is 5.33. The molecule has 10 heteroatoms. The van der Waals surface area contributed by atoms with E-state index in [1.54, 1.807) is 13.0 Å². The molecule has 0 atom stereocenters. The van der Waals surface area contributed by atoms with E-state index in [9.17, 15) is 14.9 Å². The van der Waals surface area contributed by atoms with Gasteiger partial charge in [0.1, 0.15) is 22.2 Å². The van der Waals surface area contributed by atoms with Crippen LogP contribution in [0.25, 0.3) is 11.5 Å². The number of nitrogens with two attached hydrogens (primary N) is 1. The molecular weight excluding hydrogens is 282 g/mol. The lowest BCUT2D eigenvalue weighted by Gasteiger charge is -2.01. The SMILES string of the molecule is CCOC(=O)n1nc(-c2ccc([N+](=O)[O-])o2)c(C#N)c1N. The van der Waals surface area contributed by atoms with E-state index in [0.29, 0.717) is 4.68 Å². The minimum Gasteiger partial charge on any atom is -0.448 e. The van der Waals surface area contributed by atoms with Gasteiger partial charge in [-0.25, -0.2) is 4.79 Å². The molecule has 2 rings (SSSR count). The van der Waals surface area contributed by atoms with E-state index in [4.69, 9.17) is 20.1 Å². The average molecular weight is 291 g/mol. The standard InChI is InChI=1S/C11H9N5O5/c1-2-20-11(17)15-10(13)6(5-12)9(14-15)7-3-4-8(21-7)16(18)19/h3-4H,2,13H2,1H3. The summed E-state index contributed by atoms with van der Waals surface area (Å²) in [6.45, 7) is 1.70. The maximum atomic E-state index is 11.6. The molecule has 0 aliphatic rings. The lowest BCUT2D eigenvalue weighted by molar-refractivity contribution is -0.401. The van der Waals surface area contributed by atoms with Crippen molar-refractivity contribution in [3.63, 3.8) is 0 Å². The number of hydrogen-bond acceptors (Lipinski definition) is 8. The van der Waals surface area contributed by atoms with Crippen molar-refractivity contribution in [2.45, 2.75) is 6.92 Å². The van der Waals surface area contributed by atoms with Crippen molar-refractivity contribution in [3.8, 4) is 17.5 Å². The van der Waals surface area contributed by atoms with Gasteiger partial charge in [0.2, 0.25) is 0 Å². The van der Waals surface area contributed by atoms with E-state index >= 15 is 0 Å². The smallest absolute Gasteiger partial charge is 0.436 e. The number of ether oxygens (including phenoxy) is 1. The normalized spacial score (nSPS) is 10.1. The Balaban J connectivity index is 2.53. The van der Waals surface area contributed by atoms with Crippen molar-refractivity contribution in [3.05, 3.63) is 27.8 Å². The van der Waals surface area contributed by atoms with Crippen LogP contribution in [0.2, 0.25) is 0 Å². The Morgan fingerprint density at radius 1 is 1.67 bits per heavy atom. The topological polar surface area (TPSA) is 150 Å². The lowest BCUT2D eigenvalue weighted by atomic mass is 10.2. The third-order valence-corrected chi connectivity index (χ3v) is 2.48. The summed E-state index contributed by atoms with van der Waals surface area (Å²) in [7, 11) is 0. The van der Waals surface area contributed by atoms with E-state index in [1.807, 2.05) is 0 Å². The van der Waals surface area contributed by atoms with Gasteiger partial charge in [-0.2, -0.15) is 10.4 Å². The maximum absolute atomic E-state index is 11.6. The number of nitrogen functional groups attached to an aromatic ring is 1. The summed E-state index contributed by atoms with van der Waals surface area (Å²) in [6, 6.07) is 4.14. The first-order chi connectivity index (χ1) is 9.99. The van der Waals surface area contributed by atoms with Gasteiger partial charge in [-0.1, -0.05) is 0 Å². The van der Waals surface area contributed by atoms with Crippen molar-refractivity contribution >= 4 is 17.8 Å². The molecule has 0 aliphatic carbocycles. The summed E-state index contributed by atoms with van der Waals surface area (Å²) in [4.78, 5) is 21.5. The number of carbonyl (C=O) groups is 1. The monoisotopic (exact) mass is 291 g/mol. The van der Waals surface area contributed by atoms with Crippen LogP contribution in [0.15, 0.2) is 16.5 Å². The van der Waals surface area contributed by atoms with Gasteiger partial charge < -0.3 is 14.9 Å². The van der Waals surface area contributed by atoms with Crippen LogP contribution in [0.4, 0.5) is 16.5 Å². The number of nitriles is 1. The van der Waals surface area contributed by atoms with Crippen LogP contribution in [-0.4, -0.2) is 27.4 Å². The summed E-state index contributed by atoms with van der Waals surface area (Å²) in [5.41, 5.74) is 5.45.